The molecule has 110 valence electrons. The first-order chi connectivity index (χ1) is 9.48. The minimum atomic E-state index is -0.295. The molecule has 1 aliphatic rings. The van der Waals surface area contributed by atoms with Crippen LogP contribution in [0, 0.1) is 0 Å². The van der Waals surface area contributed by atoms with Crippen molar-refractivity contribution in [3.63, 3.8) is 0 Å². The Hall–Kier alpha value is -0.980. The lowest BCUT2D eigenvalue weighted by Gasteiger charge is -2.35. The van der Waals surface area contributed by atoms with Gasteiger partial charge in [-0.2, -0.15) is 0 Å². The van der Waals surface area contributed by atoms with Crippen molar-refractivity contribution in [3.8, 4) is 0 Å². The van der Waals surface area contributed by atoms with Crippen molar-refractivity contribution in [1.29, 1.82) is 0 Å². The van der Waals surface area contributed by atoms with Crippen LogP contribution in [0.1, 0.15) is 24.2 Å². The van der Waals surface area contributed by atoms with E-state index in [9.17, 15) is 4.79 Å². The van der Waals surface area contributed by atoms with Gasteiger partial charge in [-0.15, -0.1) is 0 Å². The van der Waals surface area contributed by atoms with E-state index in [4.69, 9.17) is 4.74 Å². The zero-order chi connectivity index (χ0) is 14.6. The topological polar surface area (TPSA) is 54.5 Å². The summed E-state index contributed by atoms with van der Waals surface area (Å²) in [5.74, 6) is -0.0856. The van der Waals surface area contributed by atoms with Crippen LogP contribution in [0.15, 0.2) is 22.9 Å². The molecule has 5 nitrogen and oxygen atoms in total. The molecule has 0 unspecified atom stereocenters. The average molecular weight is 342 g/mol. The van der Waals surface area contributed by atoms with Crippen molar-refractivity contribution in [1.82, 2.24) is 15.2 Å². The number of hydrogen-bond donors (Lipinski definition) is 1. The summed E-state index contributed by atoms with van der Waals surface area (Å²) in [6, 6.07) is 1.71. The lowest BCUT2D eigenvalue weighted by atomic mass is 10.0. The highest BCUT2D eigenvalue weighted by Gasteiger charge is 2.26. The second-order valence-electron chi connectivity index (χ2n) is 5.58. The fourth-order valence-corrected chi connectivity index (χ4v) is 2.72. The third-order valence-corrected chi connectivity index (χ3v) is 3.82. The smallest absolute Gasteiger partial charge is 0.252 e. The number of halogens is 1. The van der Waals surface area contributed by atoms with Crippen LogP contribution in [0.5, 0.6) is 0 Å². The molecule has 1 aromatic heterocycles. The Morgan fingerprint density at radius 2 is 2.20 bits per heavy atom. The van der Waals surface area contributed by atoms with Crippen molar-refractivity contribution < 1.29 is 9.53 Å². The molecule has 1 saturated heterocycles. The highest BCUT2D eigenvalue weighted by Crippen LogP contribution is 2.16. The maximum atomic E-state index is 12.3. The normalized spacial score (nSPS) is 16.9. The predicted molar refractivity (Wildman–Crippen MR) is 80.7 cm³/mol. The van der Waals surface area contributed by atoms with E-state index in [1.807, 2.05) is 13.8 Å². The number of rotatable bonds is 4. The quantitative estimate of drug-likeness (QED) is 0.905. The monoisotopic (exact) mass is 341 g/mol. The van der Waals surface area contributed by atoms with Crippen LogP contribution in [0.2, 0.25) is 0 Å². The second kappa shape index (κ2) is 6.65. The number of pyridine rings is 1. The van der Waals surface area contributed by atoms with Crippen molar-refractivity contribution in [2.45, 2.75) is 19.4 Å². The zero-order valence-corrected chi connectivity index (χ0v) is 13.4. The Balaban J connectivity index is 1.96. The van der Waals surface area contributed by atoms with Gasteiger partial charge < -0.3 is 10.1 Å². The van der Waals surface area contributed by atoms with Crippen LogP contribution < -0.4 is 5.32 Å². The van der Waals surface area contributed by atoms with Gasteiger partial charge in [0.05, 0.1) is 18.8 Å². The van der Waals surface area contributed by atoms with Crippen molar-refractivity contribution in [2.24, 2.45) is 0 Å². The van der Waals surface area contributed by atoms with Crippen molar-refractivity contribution in [3.05, 3.63) is 28.5 Å². The molecule has 2 rings (SSSR count). The van der Waals surface area contributed by atoms with Gasteiger partial charge in [-0.3, -0.25) is 14.7 Å². The third kappa shape index (κ3) is 4.26. The lowest BCUT2D eigenvalue weighted by molar-refractivity contribution is 0.0269. The van der Waals surface area contributed by atoms with Crippen molar-refractivity contribution >= 4 is 21.8 Å². The van der Waals surface area contributed by atoms with Gasteiger partial charge in [-0.1, -0.05) is 0 Å². The fraction of sp³-hybridized carbons (Fsp3) is 0.571. The number of carbonyl (C=O) groups is 1. The molecule has 0 atom stereocenters. The van der Waals surface area contributed by atoms with Gasteiger partial charge in [0.15, 0.2) is 0 Å². The van der Waals surface area contributed by atoms with Crippen LogP contribution >= 0.6 is 15.9 Å². The first-order valence-corrected chi connectivity index (χ1v) is 7.49. The highest BCUT2D eigenvalue weighted by atomic mass is 79.9. The molecule has 6 heteroatoms. The van der Waals surface area contributed by atoms with Crippen LogP contribution in [0.4, 0.5) is 0 Å². The summed E-state index contributed by atoms with van der Waals surface area (Å²) < 4.78 is 6.05. The average Bonchev–Trinajstić information content (AvgIpc) is 2.39. The van der Waals surface area contributed by atoms with Crippen LogP contribution in [-0.4, -0.2) is 54.2 Å². The van der Waals surface area contributed by atoms with E-state index in [2.05, 4.69) is 31.1 Å². The molecule has 0 bridgehead atoms. The maximum Gasteiger partial charge on any atom is 0.252 e. The Kier molecular flexibility index (Phi) is 5.12. The second-order valence-corrected chi connectivity index (χ2v) is 6.44. The molecule has 1 aliphatic heterocycles. The molecule has 0 saturated carbocycles. The van der Waals surface area contributed by atoms with Crippen LogP contribution in [0.25, 0.3) is 0 Å². The SMILES string of the molecule is CC(C)(CN1CCOCC1)NC(=O)c1ccncc1Br. The molecule has 1 amide bonds. The molecule has 0 aromatic carbocycles. The summed E-state index contributed by atoms with van der Waals surface area (Å²) in [7, 11) is 0. The van der Waals surface area contributed by atoms with Crippen LogP contribution in [0.3, 0.4) is 0 Å². The summed E-state index contributed by atoms with van der Waals surface area (Å²) in [6.07, 6.45) is 3.25. The fourth-order valence-electron chi connectivity index (χ4n) is 2.29. The number of carbonyl (C=O) groups excluding carboxylic acids is 1. The summed E-state index contributed by atoms with van der Waals surface area (Å²) in [4.78, 5) is 18.6. The maximum absolute atomic E-state index is 12.3. The summed E-state index contributed by atoms with van der Waals surface area (Å²) in [5, 5.41) is 3.08. The van der Waals surface area contributed by atoms with Gasteiger partial charge in [0, 0.05) is 42.0 Å². The van der Waals surface area contributed by atoms with E-state index < -0.39 is 0 Å². The van der Waals surface area contributed by atoms with Gasteiger partial charge in [0.2, 0.25) is 0 Å². The molecule has 0 aliphatic carbocycles. The molecule has 1 fully saturated rings. The summed E-state index contributed by atoms with van der Waals surface area (Å²) in [6.45, 7) is 8.24. The van der Waals surface area contributed by atoms with E-state index in [0.29, 0.717) is 10.0 Å². The first-order valence-electron chi connectivity index (χ1n) is 6.70. The van der Waals surface area contributed by atoms with Crippen LogP contribution in [-0.2, 0) is 4.74 Å². The number of aromatic nitrogens is 1. The van der Waals surface area contributed by atoms with E-state index in [1.165, 1.54) is 0 Å². The van der Waals surface area contributed by atoms with Crippen molar-refractivity contribution in [2.75, 3.05) is 32.8 Å². The first kappa shape index (κ1) is 15.4. The van der Waals surface area contributed by atoms with Gasteiger partial charge in [-0.05, 0) is 35.8 Å². The Morgan fingerprint density at radius 3 is 2.85 bits per heavy atom. The Morgan fingerprint density at radius 1 is 1.50 bits per heavy atom. The molecular formula is C14H20BrN3O2. The molecule has 2 heterocycles. The Labute approximate surface area is 127 Å². The number of nitrogens with one attached hydrogen (secondary N) is 1. The Bertz CT molecular complexity index is 473. The lowest BCUT2D eigenvalue weighted by Crippen LogP contribution is -2.53. The number of hydrogen-bond acceptors (Lipinski definition) is 4. The molecule has 1 aromatic rings. The standard InChI is InChI=1S/C14H20BrN3O2/c1-14(2,10-18-5-7-20-8-6-18)17-13(19)11-3-4-16-9-12(11)15/h3-4,9H,5-8,10H2,1-2H3,(H,17,19). The number of amides is 1. The van der Waals surface area contributed by atoms with Gasteiger partial charge in [0.1, 0.15) is 0 Å². The van der Waals surface area contributed by atoms with E-state index in [1.54, 1.807) is 18.5 Å². The number of ether oxygens (including phenoxy) is 1. The third-order valence-electron chi connectivity index (χ3n) is 3.19. The van der Waals surface area contributed by atoms with Gasteiger partial charge >= 0.3 is 0 Å². The summed E-state index contributed by atoms with van der Waals surface area (Å²) in [5.41, 5.74) is 0.312. The largest absolute Gasteiger partial charge is 0.379 e. The molecule has 0 radical (unpaired) electrons. The van der Waals surface area contributed by atoms with E-state index in [-0.39, 0.29) is 11.4 Å². The highest BCUT2D eigenvalue weighted by molar-refractivity contribution is 9.10. The van der Waals surface area contributed by atoms with E-state index >= 15 is 0 Å². The summed E-state index contributed by atoms with van der Waals surface area (Å²) >= 11 is 3.35. The molecule has 20 heavy (non-hydrogen) atoms. The number of nitrogens with zero attached hydrogens (tertiary/aromatic N) is 2. The van der Waals surface area contributed by atoms with E-state index in [0.717, 1.165) is 32.8 Å². The number of morpholine rings is 1. The van der Waals surface area contributed by atoms with Gasteiger partial charge in [-0.25, -0.2) is 0 Å². The molecule has 0 spiro atoms. The van der Waals surface area contributed by atoms with Gasteiger partial charge in [0.25, 0.3) is 5.91 Å². The molecule has 1 N–H and O–H groups in total. The minimum Gasteiger partial charge on any atom is -0.379 e. The zero-order valence-electron chi connectivity index (χ0n) is 11.9. The predicted octanol–water partition coefficient (Wildman–Crippen LogP) is 1.68. The minimum absolute atomic E-state index is 0.0856. The molecular weight excluding hydrogens is 322 g/mol.